The van der Waals surface area contributed by atoms with E-state index in [4.69, 9.17) is 0 Å². The maximum atomic E-state index is 12.5. The molecule has 2 heteroatoms. The van der Waals surface area contributed by atoms with E-state index in [0.29, 0.717) is 6.54 Å². The van der Waals surface area contributed by atoms with Gasteiger partial charge in [0.25, 0.3) is 0 Å². The molecule has 118 valence electrons. The second kappa shape index (κ2) is 7.38. The molecule has 0 saturated carbocycles. The summed E-state index contributed by atoms with van der Waals surface area (Å²) in [6.07, 6.45) is 4.24. The van der Waals surface area contributed by atoms with E-state index < -0.39 is 0 Å². The number of ketones is 1. The Morgan fingerprint density at radius 3 is 2.22 bits per heavy atom. The van der Waals surface area contributed by atoms with Gasteiger partial charge in [-0.2, -0.15) is 0 Å². The van der Waals surface area contributed by atoms with Crippen molar-refractivity contribution in [2.45, 2.75) is 19.8 Å². The first-order valence-corrected chi connectivity index (χ1v) is 8.32. The van der Waals surface area contributed by atoms with Crippen LogP contribution in [0.4, 0.5) is 0 Å². The smallest absolute Gasteiger partial charge is 0.170 e. The third-order valence-corrected chi connectivity index (χ3v) is 4.33. The Balaban J connectivity index is 1.89. The van der Waals surface area contributed by atoms with E-state index in [1.807, 2.05) is 24.3 Å². The number of nitrogens with zero attached hydrogens (tertiary/aromatic N) is 1. The quantitative estimate of drug-likeness (QED) is 0.775. The molecule has 0 aromatic heterocycles. The third-order valence-electron chi connectivity index (χ3n) is 4.33. The summed E-state index contributed by atoms with van der Waals surface area (Å²) in [4.78, 5) is 14.8. The highest BCUT2D eigenvalue weighted by molar-refractivity contribution is 6.01. The molecule has 0 atom stereocenters. The van der Waals surface area contributed by atoms with E-state index >= 15 is 0 Å². The van der Waals surface area contributed by atoms with Crippen LogP contribution in [0, 0.1) is 6.92 Å². The van der Waals surface area contributed by atoms with Crippen LogP contribution in [0.5, 0.6) is 0 Å². The minimum atomic E-state index is 0.186. The maximum absolute atomic E-state index is 12.5. The average Bonchev–Trinajstić information content (AvgIpc) is 3.07. The fraction of sp³-hybridized carbons (Fsp3) is 0.286. The Labute approximate surface area is 138 Å². The normalized spacial score (nSPS) is 15.8. The fourth-order valence-corrected chi connectivity index (χ4v) is 3.05. The molecule has 1 aliphatic rings. The van der Waals surface area contributed by atoms with Gasteiger partial charge in [-0.1, -0.05) is 60.2 Å². The lowest BCUT2D eigenvalue weighted by atomic mass is 9.96. The molecule has 3 rings (SSSR count). The van der Waals surface area contributed by atoms with Crippen LogP contribution in [-0.4, -0.2) is 30.3 Å². The molecule has 1 fully saturated rings. The van der Waals surface area contributed by atoms with E-state index in [2.05, 4.69) is 48.2 Å². The van der Waals surface area contributed by atoms with E-state index in [0.717, 1.165) is 29.8 Å². The summed E-state index contributed by atoms with van der Waals surface area (Å²) in [5.74, 6) is 0.186. The van der Waals surface area contributed by atoms with Crippen molar-refractivity contribution in [1.82, 2.24) is 4.90 Å². The van der Waals surface area contributed by atoms with Gasteiger partial charge in [0.15, 0.2) is 5.78 Å². The minimum absolute atomic E-state index is 0.186. The largest absolute Gasteiger partial charge is 0.296 e. The molecular formula is C21H23NO. The highest BCUT2D eigenvalue weighted by Crippen LogP contribution is 2.24. The molecule has 2 aromatic rings. The Hall–Kier alpha value is -2.19. The molecular weight excluding hydrogens is 282 g/mol. The van der Waals surface area contributed by atoms with Crippen LogP contribution >= 0.6 is 0 Å². The number of aryl methyl sites for hydroxylation is 1. The fourth-order valence-electron chi connectivity index (χ4n) is 3.05. The zero-order valence-corrected chi connectivity index (χ0v) is 13.7. The van der Waals surface area contributed by atoms with Gasteiger partial charge in [0.1, 0.15) is 0 Å². The topological polar surface area (TPSA) is 20.3 Å². The lowest BCUT2D eigenvalue weighted by Gasteiger charge is -2.13. The summed E-state index contributed by atoms with van der Waals surface area (Å²) in [5.41, 5.74) is 4.42. The number of carbonyl (C=O) groups excluding carboxylic acids is 1. The molecule has 0 radical (unpaired) electrons. The van der Waals surface area contributed by atoms with E-state index in [-0.39, 0.29) is 5.78 Å². The molecule has 0 unspecified atom stereocenters. The summed E-state index contributed by atoms with van der Waals surface area (Å²) < 4.78 is 0. The van der Waals surface area contributed by atoms with Crippen molar-refractivity contribution < 1.29 is 4.79 Å². The van der Waals surface area contributed by atoms with Crippen LogP contribution in [0.3, 0.4) is 0 Å². The van der Waals surface area contributed by atoms with Gasteiger partial charge >= 0.3 is 0 Å². The SMILES string of the molecule is Cc1ccc(/C(=C/C(=O)CN2CCCC2)c2ccccc2)cc1. The zero-order chi connectivity index (χ0) is 16.1. The lowest BCUT2D eigenvalue weighted by Crippen LogP contribution is -2.25. The minimum Gasteiger partial charge on any atom is -0.296 e. The van der Waals surface area contributed by atoms with Gasteiger partial charge in [0, 0.05) is 0 Å². The van der Waals surface area contributed by atoms with Crippen molar-refractivity contribution in [3.05, 3.63) is 77.4 Å². The molecule has 23 heavy (non-hydrogen) atoms. The van der Waals surface area contributed by atoms with Gasteiger partial charge in [-0.15, -0.1) is 0 Å². The number of rotatable bonds is 5. The predicted molar refractivity (Wildman–Crippen MR) is 95.4 cm³/mol. The highest BCUT2D eigenvalue weighted by atomic mass is 16.1. The molecule has 0 amide bonds. The van der Waals surface area contributed by atoms with Gasteiger partial charge in [-0.25, -0.2) is 0 Å². The van der Waals surface area contributed by atoms with Crippen LogP contribution in [0.15, 0.2) is 60.7 Å². The second-order valence-electron chi connectivity index (χ2n) is 6.24. The number of hydrogen-bond donors (Lipinski definition) is 0. The number of likely N-dealkylation sites (tertiary alicyclic amines) is 1. The van der Waals surface area contributed by atoms with Crippen molar-refractivity contribution in [2.24, 2.45) is 0 Å². The van der Waals surface area contributed by atoms with Crippen molar-refractivity contribution in [3.8, 4) is 0 Å². The Morgan fingerprint density at radius 2 is 1.57 bits per heavy atom. The summed E-state index contributed by atoms with van der Waals surface area (Å²) in [6, 6.07) is 18.5. The van der Waals surface area contributed by atoms with E-state index in [1.54, 1.807) is 0 Å². The summed E-state index contributed by atoms with van der Waals surface area (Å²) in [6.45, 7) is 4.70. The molecule has 0 spiro atoms. The Morgan fingerprint density at radius 1 is 0.957 bits per heavy atom. The molecule has 0 bridgehead atoms. The van der Waals surface area contributed by atoms with Crippen LogP contribution in [0.2, 0.25) is 0 Å². The number of hydrogen-bond acceptors (Lipinski definition) is 2. The lowest BCUT2D eigenvalue weighted by molar-refractivity contribution is -0.115. The van der Waals surface area contributed by atoms with Crippen LogP contribution in [-0.2, 0) is 4.79 Å². The van der Waals surface area contributed by atoms with Gasteiger partial charge in [0.05, 0.1) is 6.54 Å². The molecule has 2 aromatic carbocycles. The van der Waals surface area contributed by atoms with Gasteiger partial charge < -0.3 is 0 Å². The predicted octanol–water partition coefficient (Wildman–Crippen LogP) is 4.09. The Bertz CT molecular complexity index is 680. The summed E-state index contributed by atoms with van der Waals surface area (Å²) in [7, 11) is 0. The molecule has 1 aliphatic heterocycles. The monoisotopic (exact) mass is 305 g/mol. The molecule has 2 nitrogen and oxygen atoms in total. The molecule has 0 aliphatic carbocycles. The second-order valence-corrected chi connectivity index (χ2v) is 6.24. The standard InChI is InChI=1S/C21H23NO/c1-17-9-11-19(12-10-17)21(18-7-3-2-4-8-18)15-20(23)16-22-13-5-6-14-22/h2-4,7-12,15H,5-6,13-14,16H2,1H3/b21-15+. The van der Waals surface area contributed by atoms with Crippen LogP contribution in [0.25, 0.3) is 5.57 Å². The summed E-state index contributed by atoms with van der Waals surface area (Å²) >= 11 is 0. The van der Waals surface area contributed by atoms with Gasteiger partial charge in [-0.3, -0.25) is 9.69 Å². The number of carbonyl (C=O) groups is 1. The van der Waals surface area contributed by atoms with Crippen molar-refractivity contribution in [2.75, 3.05) is 19.6 Å². The number of benzene rings is 2. The first kappa shape index (κ1) is 15.7. The molecule has 1 heterocycles. The third kappa shape index (κ3) is 4.17. The van der Waals surface area contributed by atoms with Crippen LogP contribution < -0.4 is 0 Å². The van der Waals surface area contributed by atoms with E-state index in [1.165, 1.54) is 18.4 Å². The first-order chi connectivity index (χ1) is 11.2. The first-order valence-electron chi connectivity index (χ1n) is 8.32. The van der Waals surface area contributed by atoms with Gasteiger partial charge in [-0.05, 0) is 55.6 Å². The molecule has 1 saturated heterocycles. The van der Waals surface area contributed by atoms with Crippen molar-refractivity contribution in [3.63, 3.8) is 0 Å². The Kier molecular flexibility index (Phi) is 5.04. The van der Waals surface area contributed by atoms with Crippen molar-refractivity contribution >= 4 is 11.4 Å². The average molecular weight is 305 g/mol. The van der Waals surface area contributed by atoms with Crippen LogP contribution in [0.1, 0.15) is 29.5 Å². The zero-order valence-electron chi connectivity index (χ0n) is 13.7. The summed E-state index contributed by atoms with van der Waals surface area (Å²) in [5, 5.41) is 0. The molecule has 0 N–H and O–H groups in total. The van der Waals surface area contributed by atoms with Crippen molar-refractivity contribution in [1.29, 1.82) is 0 Å². The highest BCUT2D eigenvalue weighted by Gasteiger charge is 2.15. The maximum Gasteiger partial charge on any atom is 0.170 e. The van der Waals surface area contributed by atoms with E-state index in [9.17, 15) is 4.79 Å². The van der Waals surface area contributed by atoms with Gasteiger partial charge in [0.2, 0.25) is 0 Å².